The van der Waals surface area contributed by atoms with E-state index in [0.717, 1.165) is 32.1 Å². The van der Waals surface area contributed by atoms with Crippen LogP contribution in [0.15, 0.2) is 60.8 Å². The highest BCUT2D eigenvalue weighted by molar-refractivity contribution is 7.47. The molecule has 0 aromatic carbocycles. The first kappa shape index (κ1) is 58.1. The van der Waals surface area contributed by atoms with E-state index >= 15 is 0 Å². The molecule has 1 unspecified atom stereocenters. The van der Waals surface area contributed by atoms with Crippen molar-refractivity contribution >= 4 is 25.7 Å². The number of carbonyl (C=O) groups excluding carboxylic acids is 2. The van der Waals surface area contributed by atoms with Crippen LogP contribution in [-0.2, 0) is 37.5 Å². The van der Waals surface area contributed by atoms with Crippen molar-refractivity contribution in [1.29, 1.82) is 0 Å². The third kappa shape index (κ3) is 42.2. The summed E-state index contributed by atoms with van der Waals surface area (Å²) in [4.78, 5) is 46.0. The smallest absolute Gasteiger partial charge is 0.472 e. The maximum atomic E-state index is 12.7. The van der Waals surface area contributed by atoms with Crippen LogP contribution in [0, 0.1) is 0 Å². The van der Waals surface area contributed by atoms with E-state index in [4.69, 9.17) is 24.8 Å². The lowest BCUT2D eigenvalue weighted by Gasteiger charge is -2.20. The Morgan fingerprint density at radius 2 is 1.08 bits per heavy atom. The first-order valence-electron chi connectivity index (χ1n) is 23.4. The second-order valence-electron chi connectivity index (χ2n) is 15.7. The normalized spacial score (nSPS) is 14.7. The first-order chi connectivity index (χ1) is 29.5. The zero-order chi connectivity index (χ0) is 45.1. The van der Waals surface area contributed by atoms with Crippen molar-refractivity contribution in [3.8, 4) is 0 Å². The molecular weight excluding hydrogens is 797 g/mol. The van der Waals surface area contributed by atoms with Crippen molar-refractivity contribution in [2.45, 2.75) is 205 Å². The molecule has 0 saturated carbocycles. The molecule has 5 N–H and O–H groups in total. The number of aliphatic hydroxyl groups excluding tert-OH is 1. The Morgan fingerprint density at radius 1 is 0.590 bits per heavy atom. The van der Waals surface area contributed by atoms with Crippen LogP contribution in [0.2, 0.25) is 0 Å². The van der Waals surface area contributed by atoms with Gasteiger partial charge in [-0.1, -0.05) is 164 Å². The number of allylic oxidation sites excluding steroid dienone is 8. The third-order valence-electron chi connectivity index (χ3n) is 9.82. The lowest BCUT2D eigenvalue weighted by Crippen LogP contribution is -2.34. The topological polar surface area (TPSA) is 192 Å². The van der Waals surface area contributed by atoms with Gasteiger partial charge in [0.15, 0.2) is 6.10 Å². The maximum absolute atomic E-state index is 12.7. The molecule has 4 atom stereocenters. The highest BCUT2D eigenvalue weighted by atomic mass is 31.2. The highest BCUT2D eigenvalue weighted by Gasteiger charge is 2.28. The Bertz CT molecular complexity index is 1280. The number of ether oxygens (including phenoxy) is 2. The van der Waals surface area contributed by atoms with Crippen LogP contribution in [0.4, 0.5) is 0 Å². The van der Waals surface area contributed by atoms with Gasteiger partial charge in [-0.2, -0.15) is 0 Å². The number of aliphatic hydroxyl groups is 1. The summed E-state index contributed by atoms with van der Waals surface area (Å²) in [6, 6.07) is -1.54. The molecule has 61 heavy (non-hydrogen) atoms. The Morgan fingerprint density at radius 3 is 1.72 bits per heavy atom. The second kappa shape index (κ2) is 42.4. The minimum atomic E-state index is -4.75. The maximum Gasteiger partial charge on any atom is 0.472 e. The van der Waals surface area contributed by atoms with E-state index < -0.39 is 63.8 Å². The lowest BCUT2D eigenvalue weighted by molar-refractivity contribution is -0.161. The summed E-state index contributed by atoms with van der Waals surface area (Å²) in [7, 11) is -4.75. The summed E-state index contributed by atoms with van der Waals surface area (Å²) in [5.74, 6) is -2.50. The molecule has 0 aliphatic rings. The first-order valence-corrected chi connectivity index (χ1v) is 24.9. The van der Waals surface area contributed by atoms with Crippen molar-refractivity contribution < 1.29 is 52.6 Å². The van der Waals surface area contributed by atoms with Crippen LogP contribution in [0.3, 0.4) is 0 Å². The standard InChI is InChI=1S/C48H84NO11P/c1-3-5-7-9-11-12-13-14-15-16-17-18-19-20-21-22-26-31-35-39-47(52)60-44(41-58-61(55,56)59-42-45(49)48(53)54)40-57-46(51)38-34-30-27-23-25-29-33-37-43(50)36-32-28-24-10-8-6-4-2/h14-15,23-24,27-29,32-33,36,43-45,50H,3-13,16-22,25-26,30-31,34-35,37-42,49H2,1-2H3,(H,53,54)(H,55,56)/b15-14-,27-23+,28-24-,33-29-,36-32-/t43-,44-,45+/m1/s1. The summed E-state index contributed by atoms with van der Waals surface area (Å²) < 4.78 is 32.7. The molecule has 0 rings (SSSR count). The van der Waals surface area contributed by atoms with E-state index in [1.54, 1.807) is 6.08 Å². The predicted molar refractivity (Wildman–Crippen MR) is 246 cm³/mol. The number of phosphoric acid groups is 1. The van der Waals surface area contributed by atoms with Crippen LogP contribution in [0.1, 0.15) is 187 Å². The predicted octanol–water partition coefficient (Wildman–Crippen LogP) is 11.7. The molecule has 0 amide bonds. The molecule has 0 bridgehead atoms. The Hall–Kier alpha value is -2.86. The van der Waals surface area contributed by atoms with Gasteiger partial charge in [0, 0.05) is 12.8 Å². The second-order valence-corrected chi connectivity index (χ2v) is 17.2. The number of hydrogen-bond acceptors (Lipinski definition) is 10. The number of carboxylic acids is 1. The number of hydrogen-bond donors (Lipinski definition) is 4. The highest BCUT2D eigenvalue weighted by Crippen LogP contribution is 2.43. The number of carboxylic acid groups (broad SMARTS) is 1. The molecule has 0 aliphatic heterocycles. The van der Waals surface area contributed by atoms with Gasteiger partial charge < -0.3 is 30.3 Å². The van der Waals surface area contributed by atoms with Gasteiger partial charge in [-0.05, 0) is 70.6 Å². The lowest BCUT2D eigenvalue weighted by atomic mass is 10.1. The van der Waals surface area contributed by atoms with E-state index in [1.807, 2.05) is 36.5 Å². The average molecular weight is 882 g/mol. The Kier molecular flexibility index (Phi) is 40.5. The van der Waals surface area contributed by atoms with Crippen LogP contribution < -0.4 is 5.73 Å². The molecule has 0 radical (unpaired) electrons. The van der Waals surface area contributed by atoms with Crippen molar-refractivity contribution in [3.63, 3.8) is 0 Å². The fraction of sp³-hybridized carbons (Fsp3) is 0.729. The minimum Gasteiger partial charge on any atom is -0.480 e. The van der Waals surface area contributed by atoms with Crippen LogP contribution in [-0.4, -0.2) is 71.1 Å². The van der Waals surface area contributed by atoms with Crippen molar-refractivity contribution in [2.24, 2.45) is 5.73 Å². The van der Waals surface area contributed by atoms with Gasteiger partial charge in [-0.25, -0.2) is 4.57 Å². The summed E-state index contributed by atoms with van der Waals surface area (Å²) >= 11 is 0. The number of phosphoric ester groups is 1. The summed E-state index contributed by atoms with van der Waals surface area (Å²) in [5, 5.41) is 19.0. The van der Waals surface area contributed by atoms with Gasteiger partial charge in [0.2, 0.25) is 0 Å². The number of nitrogens with two attached hydrogens (primary N) is 1. The molecule has 0 heterocycles. The Balaban J connectivity index is 4.45. The van der Waals surface area contributed by atoms with Crippen LogP contribution >= 0.6 is 7.82 Å². The fourth-order valence-corrected chi connectivity index (χ4v) is 6.85. The average Bonchev–Trinajstić information content (AvgIpc) is 3.23. The van der Waals surface area contributed by atoms with Gasteiger partial charge in [0.25, 0.3) is 0 Å². The zero-order valence-corrected chi connectivity index (χ0v) is 38.7. The zero-order valence-electron chi connectivity index (χ0n) is 37.9. The largest absolute Gasteiger partial charge is 0.480 e. The minimum absolute atomic E-state index is 0.110. The van der Waals surface area contributed by atoms with E-state index in [1.165, 1.54) is 96.3 Å². The molecule has 13 heteroatoms. The summed E-state index contributed by atoms with van der Waals surface area (Å²) in [6.07, 6.45) is 46.0. The number of unbranched alkanes of at least 4 members (excludes halogenated alkanes) is 19. The molecule has 0 fully saturated rings. The number of carbonyl (C=O) groups is 3. The SMILES string of the molecule is CCCCC/C=C\C=C/[C@@H](O)C/C=C\C/C=C/CCCC(=O)OC[C@H](COP(=O)(O)OC[C@H](N)C(=O)O)OC(=O)CCCCCCCCCCC/C=C\CCCCCCCC. The van der Waals surface area contributed by atoms with E-state index in [0.29, 0.717) is 32.1 Å². The number of rotatable bonds is 43. The van der Waals surface area contributed by atoms with Crippen molar-refractivity contribution in [2.75, 3.05) is 19.8 Å². The molecule has 352 valence electrons. The quantitative estimate of drug-likeness (QED) is 0.0149. The summed E-state index contributed by atoms with van der Waals surface area (Å²) in [5.41, 5.74) is 5.33. The van der Waals surface area contributed by atoms with Crippen molar-refractivity contribution in [3.05, 3.63) is 60.8 Å². The number of esters is 2. The van der Waals surface area contributed by atoms with Crippen LogP contribution in [0.25, 0.3) is 0 Å². The van der Waals surface area contributed by atoms with E-state index in [2.05, 4.69) is 36.6 Å². The van der Waals surface area contributed by atoms with Gasteiger partial charge in [-0.3, -0.25) is 23.4 Å². The van der Waals surface area contributed by atoms with Gasteiger partial charge >= 0.3 is 25.7 Å². The molecular formula is C48H84NO11P. The monoisotopic (exact) mass is 882 g/mol. The molecule has 0 saturated heterocycles. The van der Waals surface area contributed by atoms with Crippen LogP contribution in [0.5, 0.6) is 0 Å². The molecule has 0 spiro atoms. The molecule has 12 nitrogen and oxygen atoms in total. The molecule has 0 aliphatic carbocycles. The third-order valence-corrected chi connectivity index (χ3v) is 10.8. The molecule has 0 aromatic heterocycles. The van der Waals surface area contributed by atoms with Gasteiger partial charge in [0.05, 0.1) is 19.3 Å². The summed E-state index contributed by atoms with van der Waals surface area (Å²) in [6.45, 7) is 2.64. The van der Waals surface area contributed by atoms with Crippen molar-refractivity contribution in [1.82, 2.24) is 0 Å². The van der Waals surface area contributed by atoms with Gasteiger partial charge in [-0.15, -0.1) is 0 Å². The van der Waals surface area contributed by atoms with E-state index in [-0.39, 0.29) is 12.8 Å². The van der Waals surface area contributed by atoms with E-state index in [9.17, 15) is 28.9 Å². The number of aliphatic carboxylic acids is 1. The fourth-order valence-electron chi connectivity index (χ4n) is 6.07. The Labute approximate surface area is 369 Å². The van der Waals surface area contributed by atoms with Gasteiger partial charge in [0.1, 0.15) is 12.6 Å². The molecule has 0 aromatic rings.